The van der Waals surface area contributed by atoms with Crippen LogP contribution in [0.1, 0.15) is 28.1 Å². The van der Waals surface area contributed by atoms with Gasteiger partial charge in [-0.25, -0.2) is 4.98 Å². The van der Waals surface area contributed by atoms with Crippen LogP contribution < -0.4 is 0 Å². The van der Waals surface area contributed by atoms with Gasteiger partial charge in [-0.3, -0.25) is 9.97 Å². The lowest BCUT2D eigenvalue weighted by Gasteiger charge is -2.07. The maximum absolute atomic E-state index is 12.6. The monoisotopic (exact) mass is 382 g/mol. The zero-order chi connectivity index (χ0) is 19.6. The topological polar surface area (TPSA) is 54.5 Å². The van der Waals surface area contributed by atoms with Crippen LogP contribution in [-0.4, -0.2) is 19.9 Å². The van der Waals surface area contributed by atoms with Crippen molar-refractivity contribution in [1.29, 1.82) is 0 Å². The van der Waals surface area contributed by atoms with Crippen molar-refractivity contribution in [3.05, 3.63) is 89.3 Å². The SMILES string of the molecule is FC(F)(F)c1ccc(CCc2ccc(Cc3c[nH]c4ncccc34)cn2)cn1. The van der Waals surface area contributed by atoms with E-state index in [4.69, 9.17) is 0 Å². The predicted octanol–water partition coefficient (Wildman–Crippen LogP) is 4.75. The number of H-pyrrole nitrogens is 1. The third kappa shape index (κ3) is 4.03. The molecular weight excluding hydrogens is 365 g/mol. The molecule has 0 atom stereocenters. The molecule has 4 rings (SSSR count). The van der Waals surface area contributed by atoms with Crippen molar-refractivity contribution < 1.29 is 13.2 Å². The molecule has 0 aliphatic rings. The maximum Gasteiger partial charge on any atom is 0.433 e. The maximum atomic E-state index is 12.6. The molecule has 1 N–H and O–H groups in total. The molecule has 7 heteroatoms. The first-order valence-corrected chi connectivity index (χ1v) is 8.86. The number of hydrogen-bond donors (Lipinski definition) is 1. The number of pyridine rings is 3. The van der Waals surface area contributed by atoms with E-state index in [-0.39, 0.29) is 0 Å². The van der Waals surface area contributed by atoms with Gasteiger partial charge in [-0.15, -0.1) is 0 Å². The predicted molar refractivity (Wildman–Crippen MR) is 99.8 cm³/mol. The van der Waals surface area contributed by atoms with Crippen molar-refractivity contribution >= 4 is 11.0 Å². The van der Waals surface area contributed by atoms with E-state index in [2.05, 4.69) is 19.9 Å². The van der Waals surface area contributed by atoms with Crippen molar-refractivity contribution in [3.63, 3.8) is 0 Å². The fourth-order valence-electron chi connectivity index (χ4n) is 3.10. The fraction of sp³-hybridized carbons (Fsp3) is 0.190. The van der Waals surface area contributed by atoms with Crippen molar-refractivity contribution in [2.75, 3.05) is 0 Å². The Bertz CT molecular complexity index is 1070. The Morgan fingerprint density at radius 3 is 2.39 bits per heavy atom. The van der Waals surface area contributed by atoms with Gasteiger partial charge in [0.1, 0.15) is 11.3 Å². The Labute approximate surface area is 159 Å². The molecule has 28 heavy (non-hydrogen) atoms. The second kappa shape index (κ2) is 7.42. The van der Waals surface area contributed by atoms with Gasteiger partial charge in [0, 0.05) is 42.3 Å². The van der Waals surface area contributed by atoms with E-state index in [1.165, 1.54) is 12.3 Å². The number of fused-ring (bicyclic) bond motifs is 1. The number of alkyl halides is 3. The summed E-state index contributed by atoms with van der Waals surface area (Å²) in [6.45, 7) is 0. The van der Waals surface area contributed by atoms with Gasteiger partial charge < -0.3 is 4.98 Å². The van der Waals surface area contributed by atoms with Crippen LogP contribution in [0.25, 0.3) is 11.0 Å². The summed E-state index contributed by atoms with van der Waals surface area (Å²) >= 11 is 0. The van der Waals surface area contributed by atoms with E-state index >= 15 is 0 Å². The van der Waals surface area contributed by atoms with E-state index in [0.717, 1.165) is 45.9 Å². The summed E-state index contributed by atoms with van der Waals surface area (Å²) < 4.78 is 37.7. The number of rotatable bonds is 5. The van der Waals surface area contributed by atoms with Gasteiger partial charge in [0.2, 0.25) is 0 Å². The molecule has 4 heterocycles. The molecule has 142 valence electrons. The second-order valence-electron chi connectivity index (χ2n) is 6.60. The average Bonchev–Trinajstić information content (AvgIpc) is 3.10. The number of aromatic nitrogens is 4. The Balaban J connectivity index is 1.38. The summed E-state index contributed by atoms with van der Waals surface area (Å²) in [4.78, 5) is 15.4. The molecule has 4 aromatic heterocycles. The van der Waals surface area contributed by atoms with Crippen LogP contribution in [0.15, 0.2) is 61.2 Å². The Hall–Kier alpha value is -3.22. The molecule has 0 amide bonds. The molecule has 0 radical (unpaired) electrons. The van der Waals surface area contributed by atoms with Crippen LogP contribution in [0.3, 0.4) is 0 Å². The van der Waals surface area contributed by atoms with Crippen LogP contribution in [0, 0.1) is 0 Å². The lowest BCUT2D eigenvalue weighted by Crippen LogP contribution is -2.07. The zero-order valence-corrected chi connectivity index (χ0v) is 14.9. The van der Waals surface area contributed by atoms with Crippen molar-refractivity contribution in [2.45, 2.75) is 25.4 Å². The molecule has 0 aliphatic carbocycles. The lowest BCUT2D eigenvalue weighted by atomic mass is 10.1. The number of nitrogens with one attached hydrogen (secondary N) is 1. The average molecular weight is 382 g/mol. The van der Waals surface area contributed by atoms with Crippen LogP contribution in [0.4, 0.5) is 13.2 Å². The molecule has 4 nitrogen and oxygen atoms in total. The molecular formula is C21H17F3N4. The number of nitrogens with zero attached hydrogens (tertiary/aromatic N) is 3. The van der Waals surface area contributed by atoms with Crippen molar-refractivity contribution in [3.8, 4) is 0 Å². The quantitative estimate of drug-likeness (QED) is 0.542. The fourth-order valence-corrected chi connectivity index (χ4v) is 3.10. The van der Waals surface area contributed by atoms with Gasteiger partial charge in [0.25, 0.3) is 0 Å². The second-order valence-corrected chi connectivity index (χ2v) is 6.60. The number of halogens is 3. The van der Waals surface area contributed by atoms with Gasteiger partial charge in [-0.1, -0.05) is 12.1 Å². The third-order valence-electron chi connectivity index (χ3n) is 4.60. The van der Waals surface area contributed by atoms with Crippen molar-refractivity contribution in [1.82, 2.24) is 19.9 Å². The highest BCUT2D eigenvalue weighted by atomic mass is 19.4. The first kappa shape index (κ1) is 18.2. The molecule has 0 aromatic carbocycles. The summed E-state index contributed by atoms with van der Waals surface area (Å²) in [7, 11) is 0. The van der Waals surface area contributed by atoms with Gasteiger partial charge in [-0.2, -0.15) is 13.2 Å². The minimum absolute atomic E-state index is 0.589. The van der Waals surface area contributed by atoms with Gasteiger partial charge in [-0.05, 0) is 53.8 Å². The van der Waals surface area contributed by atoms with Crippen LogP contribution in [0.2, 0.25) is 0 Å². The highest BCUT2D eigenvalue weighted by Crippen LogP contribution is 2.27. The zero-order valence-electron chi connectivity index (χ0n) is 14.9. The standard InChI is InChI=1S/C21H17F3N4/c22-21(23,24)19-8-5-14(11-27-19)3-6-17-7-4-15(12-26-17)10-16-13-28-20-18(16)2-1-9-25-20/h1-2,4-5,7-9,11-13H,3,6,10H2,(H,25,28). The number of aryl methyl sites for hydroxylation is 2. The molecule has 0 saturated heterocycles. The number of hydrogen-bond acceptors (Lipinski definition) is 3. The number of aromatic amines is 1. The first-order chi connectivity index (χ1) is 13.5. The molecule has 0 aliphatic heterocycles. The summed E-state index contributed by atoms with van der Waals surface area (Å²) in [5.41, 5.74) is 3.89. The van der Waals surface area contributed by atoms with Crippen molar-refractivity contribution in [2.24, 2.45) is 0 Å². The van der Waals surface area contributed by atoms with Gasteiger partial charge in [0.15, 0.2) is 0 Å². The molecule has 0 unspecified atom stereocenters. The van der Waals surface area contributed by atoms with E-state index in [0.29, 0.717) is 12.8 Å². The lowest BCUT2D eigenvalue weighted by molar-refractivity contribution is -0.141. The molecule has 0 fully saturated rings. The van der Waals surface area contributed by atoms with Crippen LogP contribution in [0.5, 0.6) is 0 Å². The van der Waals surface area contributed by atoms with Gasteiger partial charge >= 0.3 is 6.18 Å². The highest BCUT2D eigenvalue weighted by molar-refractivity contribution is 5.79. The Morgan fingerprint density at radius 1 is 0.857 bits per heavy atom. The Morgan fingerprint density at radius 2 is 1.68 bits per heavy atom. The highest BCUT2D eigenvalue weighted by Gasteiger charge is 2.31. The van der Waals surface area contributed by atoms with E-state index in [1.54, 1.807) is 6.20 Å². The normalized spacial score (nSPS) is 11.8. The molecule has 0 saturated carbocycles. The summed E-state index contributed by atoms with van der Waals surface area (Å²) in [6, 6.07) is 10.4. The van der Waals surface area contributed by atoms with Crippen LogP contribution in [-0.2, 0) is 25.4 Å². The summed E-state index contributed by atoms with van der Waals surface area (Å²) in [6.07, 6.45) is 4.42. The molecule has 4 aromatic rings. The summed E-state index contributed by atoms with van der Waals surface area (Å²) in [5, 5.41) is 1.10. The van der Waals surface area contributed by atoms with Crippen LogP contribution >= 0.6 is 0 Å². The third-order valence-corrected chi connectivity index (χ3v) is 4.60. The Kier molecular flexibility index (Phi) is 4.81. The summed E-state index contributed by atoms with van der Waals surface area (Å²) in [5.74, 6) is 0. The minimum atomic E-state index is -4.41. The largest absolute Gasteiger partial charge is 0.433 e. The van der Waals surface area contributed by atoms with E-state index < -0.39 is 11.9 Å². The molecule has 0 spiro atoms. The minimum Gasteiger partial charge on any atom is -0.346 e. The smallest absolute Gasteiger partial charge is 0.346 e. The van der Waals surface area contributed by atoms with E-state index in [9.17, 15) is 13.2 Å². The van der Waals surface area contributed by atoms with E-state index in [1.807, 2.05) is 36.7 Å². The molecule has 0 bridgehead atoms. The van der Waals surface area contributed by atoms with Gasteiger partial charge in [0.05, 0.1) is 0 Å². The first-order valence-electron chi connectivity index (χ1n) is 8.86.